The lowest BCUT2D eigenvalue weighted by Gasteiger charge is -2.26. The van der Waals surface area contributed by atoms with Crippen molar-refractivity contribution >= 4 is 13.7 Å². The van der Waals surface area contributed by atoms with Crippen LogP contribution in [0.3, 0.4) is 0 Å². The van der Waals surface area contributed by atoms with Crippen LogP contribution in [0.15, 0.2) is 0 Å². The molecule has 0 aromatic carbocycles. The van der Waals surface area contributed by atoms with Gasteiger partial charge < -0.3 is 19.8 Å². The highest BCUT2D eigenvalue weighted by atomic mass is 31.2. The van der Waals surface area contributed by atoms with E-state index in [0.29, 0.717) is 23.9 Å². The maximum absolute atomic E-state index is 12.8. The van der Waals surface area contributed by atoms with Gasteiger partial charge in [-0.3, -0.25) is 13.8 Å². The van der Waals surface area contributed by atoms with Crippen LogP contribution in [-0.2, 0) is 18.4 Å². The number of rotatable bonds is 35. The highest BCUT2D eigenvalue weighted by Crippen LogP contribution is 2.43. The number of hydrogen-bond acceptors (Lipinski definition) is 5. The summed E-state index contributed by atoms with van der Waals surface area (Å²) in [5.41, 5.74) is 0. The van der Waals surface area contributed by atoms with Gasteiger partial charge in [0, 0.05) is 6.42 Å². The molecule has 9 heteroatoms. The Labute approximate surface area is 285 Å². The molecule has 0 aliphatic rings. The standard InChI is InChI=1S/C37H77N2O6P/c1-6-8-10-12-14-16-17-18-19-20-21-22-23-25-27-29-31-37(41)38-35(34-45-46(42,43)44-33-32-39(3,4)5)36(40)30-28-26-24-15-13-11-9-7-2/h35-36,40H,6-34H2,1-5H3,(H-,38,41,42,43)/p+1. The Kier molecular flexibility index (Phi) is 30.2. The van der Waals surface area contributed by atoms with Gasteiger partial charge in [0.15, 0.2) is 0 Å². The Bertz CT molecular complexity index is 733. The first-order valence-electron chi connectivity index (χ1n) is 19.4. The molecule has 0 rings (SSSR count). The number of amides is 1. The minimum atomic E-state index is -4.29. The third-order valence-corrected chi connectivity index (χ3v) is 9.84. The molecule has 0 aliphatic heterocycles. The molecular weight excluding hydrogens is 599 g/mol. The van der Waals surface area contributed by atoms with Crippen LogP contribution in [-0.4, -0.2) is 73.4 Å². The first-order chi connectivity index (χ1) is 22.0. The molecule has 0 spiro atoms. The van der Waals surface area contributed by atoms with Gasteiger partial charge in [0.25, 0.3) is 0 Å². The summed E-state index contributed by atoms with van der Waals surface area (Å²) in [5, 5.41) is 13.8. The second-order valence-electron chi connectivity index (χ2n) is 14.7. The zero-order valence-corrected chi connectivity index (χ0v) is 32.0. The molecule has 3 unspecified atom stereocenters. The van der Waals surface area contributed by atoms with Crippen molar-refractivity contribution in [1.29, 1.82) is 0 Å². The Morgan fingerprint density at radius 1 is 0.652 bits per heavy atom. The van der Waals surface area contributed by atoms with Crippen LogP contribution in [0.1, 0.15) is 181 Å². The SMILES string of the molecule is CCCCCCCCCCCCCCCCCCC(=O)NC(COP(=O)(O)OCC[N+](C)(C)C)C(O)CCCCCCCCCC. The van der Waals surface area contributed by atoms with Crippen molar-refractivity contribution in [2.45, 2.75) is 193 Å². The molecule has 3 N–H and O–H groups in total. The maximum atomic E-state index is 12.8. The molecule has 0 fully saturated rings. The van der Waals surface area contributed by atoms with Crippen molar-refractivity contribution in [2.75, 3.05) is 40.9 Å². The Morgan fingerprint density at radius 3 is 1.46 bits per heavy atom. The summed E-state index contributed by atoms with van der Waals surface area (Å²) in [7, 11) is 1.62. The lowest BCUT2D eigenvalue weighted by molar-refractivity contribution is -0.870. The van der Waals surface area contributed by atoms with E-state index >= 15 is 0 Å². The molecule has 0 aromatic heterocycles. The molecule has 0 saturated carbocycles. The van der Waals surface area contributed by atoms with Crippen LogP contribution in [0, 0.1) is 0 Å². The summed E-state index contributed by atoms with van der Waals surface area (Å²) >= 11 is 0. The molecule has 0 saturated heterocycles. The van der Waals surface area contributed by atoms with Crippen LogP contribution >= 0.6 is 7.82 Å². The van der Waals surface area contributed by atoms with E-state index in [1.165, 1.54) is 116 Å². The van der Waals surface area contributed by atoms with Crippen molar-refractivity contribution in [2.24, 2.45) is 0 Å². The highest BCUT2D eigenvalue weighted by molar-refractivity contribution is 7.47. The van der Waals surface area contributed by atoms with E-state index < -0.39 is 20.0 Å². The number of likely N-dealkylation sites (N-methyl/N-ethyl adjacent to an activating group) is 1. The first kappa shape index (κ1) is 45.5. The topological polar surface area (TPSA) is 105 Å². The van der Waals surface area contributed by atoms with Gasteiger partial charge in [0.1, 0.15) is 13.2 Å². The minimum absolute atomic E-state index is 0.0777. The number of nitrogens with zero attached hydrogens (tertiary/aromatic N) is 1. The van der Waals surface area contributed by atoms with Crippen molar-refractivity contribution in [3.05, 3.63) is 0 Å². The summed E-state index contributed by atoms with van der Waals surface area (Å²) in [6.07, 6.45) is 29.9. The number of carbonyl (C=O) groups excluding carboxylic acids is 1. The van der Waals surface area contributed by atoms with E-state index in [1.807, 2.05) is 21.1 Å². The van der Waals surface area contributed by atoms with Crippen LogP contribution < -0.4 is 5.32 Å². The third-order valence-electron chi connectivity index (χ3n) is 8.86. The zero-order chi connectivity index (χ0) is 34.4. The number of phosphoric acid groups is 1. The van der Waals surface area contributed by atoms with Gasteiger partial charge in [-0.1, -0.05) is 162 Å². The van der Waals surface area contributed by atoms with Crippen LogP contribution in [0.2, 0.25) is 0 Å². The van der Waals surface area contributed by atoms with E-state index in [4.69, 9.17) is 9.05 Å². The average molecular weight is 678 g/mol. The van der Waals surface area contributed by atoms with Crippen molar-refractivity contribution in [3.63, 3.8) is 0 Å². The van der Waals surface area contributed by atoms with Crippen molar-refractivity contribution in [3.8, 4) is 0 Å². The lowest BCUT2D eigenvalue weighted by atomic mass is 10.0. The fraction of sp³-hybridized carbons (Fsp3) is 0.973. The van der Waals surface area contributed by atoms with Gasteiger partial charge >= 0.3 is 7.82 Å². The van der Waals surface area contributed by atoms with Crippen molar-refractivity contribution in [1.82, 2.24) is 5.32 Å². The molecule has 1 amide bonds. The van der Waals surface area contributed by atoms with E-state index in [0.717, 1.165) is 38.5 Å². The van der Waals surface area contributed by atoms with Gasteiger partial charge in [-0.15, -0.1) is 0 Å². The van der Waals surface area contributed by atoms with Crippen molar-refractivity contribution < 1.29 is 32.9 Å². The number of quaternary nitrogens is 1. The van der Waals surface area contributed by atoms with Gasteiger partial charge in [-0.05, 0) is 12.8 Å². The van der Waals surface area contributed by atoms with Crippen LogP contribution in [0.4, 0.5) is 0 Å². The molecule has 0 aromatic rings. The molecule has 276 valence electrons. The van der Waals surface area contributed by atoms with E-state index in [9.17, 15) is 19.4 Å². The zero-order valence-electron chi connectivity index (χ0n) is 31.1. The summed E-state index contributed by atoms with van der Waals surface area (Å²) < 4.78 is 23.4. The normalized spacial score (nSPS) is 14.7. The molecule has 8 nitrogen and oxygen atoms in total. The third kappa shape index (κ3) is 32.1. The van der Waals surface area contributed by atoms with E-state index in [2.05, 4.69) is 19.2 Å². The Balaban J connectivity index is 4.32. The molecule has 0 radical (unpaired) electrons. The summed E-state index contributed by atoms with van der Waals surface area (Å²) in [4.78, 5) is 23.0. The second-order valence-corrected chi connectivity index (χ2v) is 16.1. The van der Waals surface area contributed by atoms with Crippen LogP contribution in [0.5, 0.6) is 0 Å². The van der Waals surface area contributed by atoms with Gasteiger partial charge in [-0.25, -0.2) is 4.57 Å². The predicted octanol–water partition coefficient (Wildman–Crippen LogP) is 9.85. The summed E-state index contributed by atoms with van der Waals surface area (Å²) in [6.45, 7) is 4.85. The molecular formula is C37H78N2O6P+. The molecule has 0 heterocycles. The number of aliphatic hydroxyl groups is 1. The van der Waals surface area contributed by atoms with E-state index in [-0.39, 0.29) is 19.1 Å². The van der Waals surface area contributed by atoms with Crippen LogP contribution in [0.25, 0.3) is 0 Å². The second kappa shape index (κ2) is 30.6. The highest BCUT2D eigenvalue weighted by Gasteiger charge is 2.28. The van der Waals surface area contributed by atoms with E-state index in [1.54, 1.807) is 0 Å². The fourth-order valence-corrected chi connectivity index (χ4v) is 6.43. The van der Waals surface area contributed by atoms with Gasteiger partial charge in [-0.2, -0.15) is 0 Å². The quantitative estimate of drug-likeness (QED) is 0.0350. The number of nitrogens with one attached hydrogen (secondary N) is 1. The number of aliphatic hydroxyl groups excluding tert-OH is 1. The molecule has 3 atom stereocenters. The number of hydrogen-bond donors (Lipinski definition) is 3. The smallest absolute Gasteiger partial charge is 0.391 e. The number of phosphoric ester groups is 1. The number of carbonyl (C=O) groups is 1. The molecule has 46 heavy (non-hydrogen) atoms. The molecule has 0 aliphatic carbocycles. The average Bonchev–Trinajstić information content (AvgIpc) is 2.99. The lowest BCUT2D eigenvalue weighted by Crippen LogP contribution is -2.46. The van der Waals surface area contributed by atoms with Gasteiger partial charge in [0.05, 0.1) is 39.9 Å². The summed E-state index contributed by atoms with van der Waals surface area (Å²) in [5.74, 6) is -0.146. The maximum Gasteiger partial charge on any atom is 0.472 e. The van der Waals surface area contributed by atoms with Gasteiger partial charge in [0.2, 0.25) is 5.91 Å². The monoisotopic (exact) mass is 678 g/mol. The Hall–Kier alpha value is -0.500. The predicted molar refractivity (Wildman–Crippen MR) is 194 cm³/mol. The molecule has 0 bridgehead atoms. The minimum Gasteiger partial charge on any atom is -0.391 e. The largest absolute Gasteiger partial charge is 0.472 e. The summed E-state index contributed by atoms with van der Waals surface area (Å²) in [6, 6.07) is -0.749. The number of unbranched alkanes of at least 4 members (excludes halogenated alkanes) is 22. The Morgan fingerprint density at radius 2 is 1.04 bits per heavy atom. The first-order valence-corrected chi connectivity index (χ1v) is 20.9. The fourth-order valence-electron chi connectivity index (χ4n) is 5.69.